The number of nitrogens with zero attached hydrogens (tertiary/aromatic N) is 1. The maximum Gasteiger partial charge on any atom is 0.260 e. The summed E-state index contributed by atoms with van der Waals surface area (Å²) in [5, 5.41) is 3.88. The van der Waals surface area contributed by atoms with E-state index in [0.29, 0.717) is 41.7 Å². The Balaban J connectivity index is 1.80. The highest BCUT2D eigenvalue weighted by Crippen LogP contribution is 2.27. The molecule has 0 aliphatic carbocycles. The molecule has 0 aromatic heterocycles. The van der Waals surface area contributed by atoms with Gasteiger partial charge in [-0.1, -0.05) is 23.2 Å². The Hall–Kier alpha value is -1.46. The minimum Gasteiger partial charge on any atom is -0.482 e. The van der Waals surface area contributed by atoms with Gasteiger partial charge < -0.3 is 15.0 Å². The van der Waals surface area contributed by atoms with Crippen molar-refractivity contribution in [3.05, 3.63) is 28.2 Å². The van der Waals surface area contributed by atoms with Crippen molar-refractivity contribution in [1.29, 1.82) is 0 Å². The Morgan fingerprint density at radius 1 is 1.24 bits per heavy atom. The molecule has 1 fully saturated rings. The van der Waals surface area contributed by atoms with Gasteiger partial charge in [-0.05, 0) is 51.8 Å². The third kappa shape index (κ3) is 6.08. The smallest absolute Gasteiger partial charge is 0.260 e. The molecule has 2 amide bonds. The monoisotopic (exact) mass is 386 g/mol. The maximum atomic E-state index is 12.3. The molecular formula is C18H24Cl2N2O3. The Morgan fingerprint density at radius 3 is 2.44 bits per heavy atom. The van der Waals surface area contributed by atoms with E-state index in [2.05, 4.69) is 5.32 Å². The van der Waals surface area contributed by atoms with Gasteiger partial charge in [0, 0.05) is 29.6 Å². The van der Waals surface area contributed by atoms with E-state index in [1.165, 1.54) is 0 Å². The molecule has 138 valence electrons. The van der Waals surface area contributed by atoms with E-state index in [-0.39, 0.29) is 29.9 Å². The van der Waals surface area contributed by atoms with Crippen LogP contribution in [0.15, 0.2) is 18.2 Å². The van der Waals surface area contributed by atoms with Gasteiger partial charge in [0.15, 0.2) is 6.61 Å². The summed E-state index contributed by atoms with van der Waals surface area (Å²) in [6.45, 7) is 6.91. The molecule has 0 saturated carbocycles. The van der Waals surface area contributed by atoms with Crippen molar-refractivity contribution in [2.24, 2.45) is 5.92 Å². The predicted octanol–water partition coefficient (Wildman–Crippen LogP) is 3.53. The Morgan fingerprint density at radius 2 is 1.88 bits per heavy atom. The van der Waals surface area contributed by atoms with Gasteiger partial charge in [-0.3, -0.25) is 9.59 Å². The van der Waals surface area contributed by atoms with Crippen LogP contribution in [0.2, 0.25) is 10.0 Å². The van der Waals surface area contributed by atoms with E-state index >= 15 is 0 Å². The van der Waals surface area contributed by atoms with Crippen LogP contribution in [0.1, 0.15) is 33.6 Å². The molecule has 1 heterocycles. The molecule has 0 atom stereocenters. The molecular weight excluding hydrogens is 363 g/mol. The molecule has 0 unspecified atom stereocenters. The van der Waals surface area contributed by atoms with Crippen LogP contribution in [0.4, 0.5) is 0 Å². The molecule has 1 aromatic carbocycles. The summed E-state index contributed by atoms with van der Waals surface area (Å²) in [6, 6.07) is 4.87. The summed E-state index contributed by atoms with van der Waals surface area (Å²) < 4.78 is 5.49. The molecule has 2 rings (SSSR count). The van der Waals surface area contributed by atoms with Crippen LogP contribution in [-0.2, 0) is 9.59 Å². The molecule has 1 aliphatic rings. The summed E-state index contributed by atoms with van der Waals surface area (Å²) in [5.74, 6) is 0.332. The fourth-order valence-corrected chi connectivity index (χ4v) is 3.15. The lowest BCUT2D eigenvalue weighted by molar-refractivity contribution is -0.137. The lowest BCUT2D eigenvalue weighted by atomic mass is 9.94. The van der Waals surface area contributed by atoms with Crippen molar-refractivity contribution in [3.8, 4) is 5.75 Å². The van der Waals surface area contributed by atoms with Crippen molar-refractivity contribution in [2.45, 2.75) is 39.2 Å². The summed E-state index contributed by atoms with van der Waals surface area (Å²) >= 11 is 11.9. The average molecular weight is 387 g/mol. The average Bonchev–Trinajstić information content (AvgIpc) is 2.52. The topological polar surface area (TPSA) is 58.6 Å². The number of nitrogens with one attached hydrogen (secondary N) is 1. The highest BCUT2D eigenvalue weighted by Gasteiger charge is 2.29. The number of amides is 2. The zero-order valence-corrected chi connectivity index (χ0v) is 16.3. The van der Waals surface area contributed by atoms with Gasteiger partial charge in [0.2, 0.25) is 5.91 Å². The second-order valence-corrected chi connectivity index (χ2v) is 8.10. The zero-order chi connectivity index (χ0) is 18.6. The highest BCUT2D eigenvalue weighted by atomic mass is 35.5. The standard InChI is InChI=1S/C18H24Cl2N2O3/c1-18(2,3)21-17(24)12-6-8-22(9-7-12)16(23)11-25-15-5-4-13(19)10-14(15)20/h4-5,10,12H,6-9,11H2,1-3H3,(H,21,24). The van der Waals surface area contributed by atoms with Gasteiger partial charge in [-0.25, -0.2) is 0 Å². The number of carbonyl (C=O) groups excluding carboxylic acids is 2. The van der Waals surface area contributed by atoms with Gasteiger partial charge >= 0.3 is 0 Å². The van der Waals surface area contributed by atoms with E-state index in [1.807, 2.05) is 20.8 Å². The van der Waals surface area contributed by atoms with Crippen LogP contribution in [0.5, 0.6) is 5.75 Å². The number of carbonyl (C=O) groups is 2. The van der Waals surface area contributed by atoms with E-state index in [0.717, 1.165) is 0 Å². The zero-order valence-electron chi connectivity index (χ0n) is 14.8. The second kappa shape index (κ2) is 8.28. The fraction of sp³-hybridized carbons (Fsp3) is 0.556. The first-order valence-electron chi connectivity index (χ1n) is 8.33. The van der Waals surface area contributed by atoms with Crippen LogP contribution in [0.3, 0.4) is 0 Å². The van der Waals surface area contributed by atoms with Gasteiger partial charge in [0.25, 0.3) is 5.91 Å². The van der Waals surface area contributed by atoms with Crippen molar-refractivity contribution in [1.82, 2.24) is 10.2 Å². The van der Waals surface area contributed by atoms with E-state index < -0.39 is 0 Å². The summed E-state index contributed by atoms with van der Waals surface area (Å²) in [4.78, 5) is 26.2. The third-order valence-electron chi connectivity index (χ3n) is 3.96. The molecule has 1 aromatic rings. The van der Waals surface area contributed by atoms with Crippen molar-refractivity contribution in [3.63, 3.8) is 0 Å². The van der Waals surface area contributed by atoms with Crippen molar-refractivity contribution >= 4 is 35.0 Å². The molecule has 1 aliphatic heterocycles. The van der Waals surface area contributed by atoms with Crippen LogP contribution in [0.25, 0.3) is 0 Å². The normalized spacial score (nSPS) is 15.8. The van der Waals surface area contributed by atoms with E-state index in [9.17, 15) is 9.59 Å². The first kappa shape index (κ1) is 19.9. The Kier molecular flexibility index (Phi) is 6.58. The number of hydrogen-bond donors (Lipinski definition) is 1. The number of rotatable bonds is 4. The van der Waals surface area contributed by atoms with Gasteiger partial charge in [-0.15, -0.1) is 0 Å². The number of hydrogen-bond acceptors (Lipinski definition) is 3. The number of benzene rings is 1. The van der Waals surface area contributed by atoms with Crippen LogP contribution < -0.4 is 10.1 Å². The third-order valence-corrected chi connectivity index (χ3v) is 4.49. The molecule has 25 heavy (non-hydrogen) atoms. The molecule has 1 saturated heterocycles. The fourth-order valence-electron chi connectivity index (χ4n) is 2.69. The predicted molar refractivity (Wildman–Crippen MR) is 99.2 cm³/mol. The minimum atomic E-state index is -0.240. The number of likely N-dealkylation sites (tertiary alicyclic amines) is 1. The largest absolute Gasteiger partial charge is 0.482 e. The molecule has 7 heteroatoms. The van der Waals surface area contributed by atoms with Crippen molar-refractivity contribution < 1.29 is 14.3 Å². The second-order valence-electron chi connectivity index (χ2n) is 7.26. The van der Waals surface area contributed by atoms with Crippen molar-refractivity contribution in [2.75, 3.05) is 19.7 Å². The Bertz CT molecular complexity index is 636. The Labute approximate surface area is 158 Å². The molecule has 0 spiro atoms. The number of ether oxygens (including phenoxy) is 1. The molecule has 0 radical (unpaired) electrons. The van der Waals surface area contributed by atoms with Crippen LogP contribution in [-0.4, -0.2) is 41.9 Å². The summed E-state index contributed by atoms with van der Waals surface area (Å²) in [6.07, 6.45) is 1.32. The number of halogens is 2. The highest BCUT2D eigenvalue weighted by molar-refractivity contribution is 6.35. The lowest BCUT2D eigenvalue weighted by Crippen LogP contribution is -2.48. The SMILES string of the molecule is CC(C)(C)NC(=O)C1CCN(C(=O)COc2ccc(Cl)cc2Cl)CC1. The quantitative estimate of drug-likeness (QED) is 0.860. The maximum absolute atomic E-state index is 12.3. The van der Waals surface area contributed by atoms with E-state index in [1.54, 1.807) is 23.1 Å². The number of piperidine rings is 1. The minimum absolute atomic E-state index is 0.0464. The van der Waals surface area contributed by atoms with Gasteiger partial charge in [0.1, 0.15) is 5.75 Å². The summed E-state index contributed by atoms with van der Waals surface area (Å²) in [7, 11) is 0. The lowest BCUT2D eigenvalue weighted by Gasteiger charge is -2.33. The molecule has 1 N–H and O–H groups in total. The summed E-state index contributed by atoms with van der Waals surface area (Å²) in [5.41, 5.74) is -0.240. The first-order chi connectivity index (χ1) is 11.7. The van der Waals surface area contributed by atoms with Crippen LogP contribution in [0, 0.1) is 5.92 Å². The van der Waals surface area contributed by atoms with Gasteiger partial charge in [0.05, 0.1) is 5.02 Å². The van der Waals surface area contributed by atoms with Crippen LogP contribution >= 0.6 is 23.2 Å². The van der Waals surface area contributed by atoms with E-state index in [4.69, 9.17) is 27.9 Å². The molecule has 5 nitrogen and oxygen atoms in total. The molecule has 0 bridgehead atoms. The van der Waals surface area contributed by atoms with Gasteiger partial charge in [-0.2, -0.15) is 0 Å². The first-order valence-corrected chi connectivity index (χ1v) is 9.09.